The average molecular weight is 259 g/mol. The van der Waals surface area contributed by atoms with Gasteiger partial charge in [-0.1, -0.05) is 20.8 Å². The zero-order chi connectivity index (χ0) is 14.3. The number of rotatable bonds is 7. The highest BCUT2D eigenvalue weighted by atomic mass is 16.4. The normalized spacial score (nSPS) is 14.9. The molecule has 0 bridgehead atoms. The Morgan fingerprint density at radius 1 is 1.33 bits per heavy atom. The van der Waals surface area contributed by atoms with Crippen LogP contribution in [-0.2, 0) is 9.59 Å². The van der Waals surface area contributed by atoms with E-state index in [2.05, 4.69) is 5.32 Å². The van der Waals surface area contributed by atoms with Crippen LogP contribution in [0.3, 0.4) is 0 Å². The van der Waals surface area contributed by atoms with E-state index in [-0.39, 0.29) is 5.41 Å². The molecule has 0 unspecified atom stereocenters. The minimum absolute atomic E-state index is 0.183. The summed E-state index contributed by atoms with van der Waals surface area (Å²) in [7, 11) is 0. The van der Waals surface area contributed by atoms with Crippen molar-refractivity contribution in [2.24, 2.45) is 16.9 Å². The molecule has 0 aliphatic rings. The highest BCUT2D eigenvalue weighted by molar-refractivity contribution is 5.86. The van der Waals surface area contributed by atoms with Crippen LogP contribution in [0.25, 0.3) is 0 Å². The van der Waals surface area contributed by atoms with Gasteiger partial charge in [0, 0.05) is 0 Å². The second-order valence-corrected chi connectivity index (χ2v) is 5.70. The van der Waals surface area contributed by atoms with Crippen LogP contribution in [0.5, 0.6) is 0 Å². The number of nitrogens with two attached hydrogens (primary N) is 2. The molecule has 0 radical (unpaired) electrons. The van der Waals surface area contributed by atoms with Crippen LogP contribution < -0.4 is 16.8 Å². The molecule has 0 aromatic heterocycles. The average Bonchev–Trinajstić information content (AvgIpc) is 2.22. The van der Waals surface area contributed by atoms with Crippen molar-refractivity contribution in [3.05, 3.63) is 0 Å². The summed E-state index contributed by atoms with van der Waals surface area (Å²) in [4.78, 5) is 22.8. The van der Waals surface area contributed by atoms with Gasteiger partial charge in [0.25, 0.3) is 0 Å². The Morgan fingerprint density at radius 3 is 2.28 bits per heavy atom. The van der Waals surface area contributed by atoms with Crippen molar-refractivity contribution >= 4 is 11.9 Å². The first-order valence-electron chi connectivity index (χ1n) is 6.16. The van der Waals surface area contributed by atoms with Crippen LogP contribution in [-0.4, -0.2) is 35.6 Å². The molecule has 0 saturated heterocycles. The van der Waals surface area contributed by atoms with E-state index >= 15 is 0 Å². The molecule has 6 nitrogen and oxygen atoms in total. The second kappa shape index (κ2) is 7.33. The molecule has 0 rings (SSSR count). The van der Waals surface area contributed by atoms with E-state index in [1.165, 1.54) is 0 Å². The van der Waals surface area contributed by atoms with Crippen LogP contribution >= 0.6 is 0 Å². The maximum atomic E-state index is 11.7. The topological polar surface area (TPSA) is 118 Å². The van der Waals surface area contributed by atoms with Crippen molar-refractivity contribution in [2.45, 2.75) is 52.1 Å². The third-order valence-electron chi connectivity index (χ3n) is 2.49. The van der Waals surface area contributed by atoms with Crippen molar-refractivity contribution in [3.63, 3.8) is 0 Å². The van der Waals surface area contributed by atoms with Crippen molar-refractivity contribution in [1.82, 2.24) is 5.32 Å². The standard InChI is InChI=1S/C12H25N3O3/c1-12(2,3)7-9(11(17)18)15-10(16)8(14)5-4-6-13/h8-9H,4-7,13-14H2,1-3H3,(H,15,16)(H,17,18)/t8-,9+/m1/s1. The zero-order valence-electron chi connectivity index (χ0n) is 11.4. The highest BCUT2D eigenvalue weighted by Gasteiger charge is 2.27. The van der Waals surface area contributed by atoms with Gasteiger partial charge in [0.05, 0.1) is 6.04 Å². The highest BCUT2D eigenvalue weighted by Crippen LogP contribution is 2.20. The molecule has 0 aliphatic carbocycles. The molecule has 0 fully saturated rings. The summed E-state index contributed by atoms with van der Waals surface area (Å²) in [6, 6.07) is -1.60. The quantitative estimate of drug-likeness (QED) is 0.515. The largest absolute Gasteiger partial charge is 0.480 e. The van der Waals surface area contributed by atoms with E-state index in [1.807, 2.05) is 20.8 Å². The molecule has 2 atom stereocenters. The number of carboxylic acid groups (broad SMARTS) is 1. The summed E-state index contributed by atoms with van der Waals surface area (Å²) in [6.07, 6.45) is 1.47. The minimum atomic E-state index is -1.04. The van der Waals surface area contributed by atoms with E-state index in [0.29, 0.717) is 25.8 Å². The SMILES string of the molecule is CC(C)(C)C[C@H](NC(=O)[C@H](N)CCCN)C(=O)O. The Labute approximate surface area is 108 Å². The number of aliphatic carboxylic acids is 1. The molecule has 0 aromatic carbocycles. The van der Waals surface area contributed by atoms with E-state index in [9.17, 15) is 9.59 Å². The fourth-order valence-corrected chi connectivity index (χ4v) is 1.56. The molecule has 0 spiro atoms. The first kappa shape index (κ1) is 16.9. The van der Waals surface area contributed by atoms with Crippen LogP contribution in [0.4, 0.5) is 0 Å². The zero-order valence-corrected chi connectivity index (χ0v) is 11.4. The Kier molecular flexibility index (Phi) is 6.86. The lowest BCUT2D eigenvalue weighted by Crippen LogP contribution is -2.49. The lowest BCUT2D eigenvalue weighted by atomic mass is 9.88. The summed E-state index contributed by atoms with van der Waals surface area (Å²) in [5.41, 5.74) is 10.8. The fourth-order valence-electron chi connectivity index (χ4n) is 1.56. The van der Waals surface area contributed by atoms with Crippen LogP contribution in [0.1, 0.15) is 40.0 Å². The van der Waals surface area contributed by atoms with Gasteiger partial charge in [-0.2, -0.15) is 0 Å². The van der Waals surface area contributed by atoms with Crippen molar-refractivity contribution in [3.8, 4) is 0 Å². The maximum Gasteiger partial charge on any atom is 0.326 e. The Bertz CT molecular complexity index is 287. The number of carbonyl (C=O) groups is 2. The molecule has 0 heterocycles. The third kappa shape index (κ3) is 7.24. The van der Waals surface area contributed by atoms with E-state index in [1.54, 1.807) is 0 Å². The third-order valence-corrected chi connectivity index (χ3v) is 2.49. The molecular formula is C12H25N3O3. The smallest absolute Gasteiger partial charge is 0.326 e. The van der Waals surface area contributed by atoms with Gasteiger partial charge in [-0.25, -0.2) is 4.79 Å². The van der Waals surface area contributed by atoms with Crippen LogP contribution in [0.2, 0.25) is 0 Å². The fraction of sp³-hybridized carbons (Fsp3) is 0.833. The predicted molar refractivity (Wildman–Crippen MR) is 69.9 cm³/mol. The van der Waals surface area contributed by atoms with Gasteiger partial charge in [-0.15, -0.1) is 0 Å². The summed E-state index contributed by atoms with van der Waals surface area (Å²) in [5, 5.41) is 11.5. The molecule has 1 amide bonds. The summed E-state index contributed by atoms with van der Waals surface area (Å²) >= 11 is 0. The molecular weight excluding hydrogens is 234 g/mol. The van der Waals surface area contributed by atoms with Crippen LogP contribution in [0, 0.1) is 5.41 Å². The molecule has 0 aromatic rings. The number of carboxylic acids is 1. The first-order chi connectivity index (χ1) is 8.17. The predicted octanol–water partition coefficient (Wildman–Crippen LogP) is 0.0582. The molecule has 18 heavy (non-hydrogen) atoms. The molecule has 6 N–H and O–H groups in total. The molecule has 6 heteroatoms. The number of nitrogens with one attached hydrogen (secondary N) is 1. The van der Waals surface area contributed by atoms with E-state index < -0.39 is 24.0 Å². The van der Waals surface area contributed by atoms with Gasteiger partial charge >= 0.3 is 5.97 Å². The second-order valence-electron chi connectivity index (χ2n) is 5.70. The summed E-state index contributed by atoms with van der Waals surface area (Å²) in [5.74, 6) is -1.47. The van der Waals surface area contributed by atoms with Gasteiger partial charge in [0.2, 0.25) is 5.91 Å². The molecule has 0 saturated carbocycles. The number of hydrogen-bond acceptors (Lipinski definition) is 4. The van der Waals surface area contributed by atoms with Gasteiger partial charge in [0.15, 0.2) is 0 Å². The van der Waals surface area contributed by atoms with Gasteiger partial charge < -0.3 is 21.9 Å². The van der Waals surface area contributed by atoms with E-state index in [4.69, 9.17) is 16.6 Å². The van der Waals surface area contributed by atoms with Crippen molar-refractivity contribution in [1.29, 1.82) is 0 Å². The Hall–Kier alpha value is -1.14. The van der Waals surface area contributed by atoms with Crippen molar-refractivity contribution < 1.29 is 14.7 Å². The molecule has 0 aliphatic heterocycles. The number of carbonyl (C=O) groups excluding carboxylic acids is 1. The van der Waals surface area contributed by atoms with Gasteiger partial charge in [-0.05, 0) is 31.2 Å². The minimum Gasteiger partial charge on any atom is -0.480 e. The first-order valence-corrected chi connectivity index (χ1v) is 6.16. The number of hydrogen-bond donors (Lipinski definition) is 4. The Morgan fingerprint density at radius 2 is 1.89 bits per heavy atom. The lowest BCUT2D eigenvalue weighted by molar-refractivity contribution is -0.142. The van der Waals surface area contributed by atoms with Gasteiger partial charge in [-0.3, -0.25) is 4.79 Å². The summed E-state index contributed by atoms with van der Waals surface area (Å²) < 4.78 is 0. The monoisotopic (exact) mass is 259 g/mol. The Balaban J connectivity index is 4.41. The van der Waals surface area contributed by atoms with Crippen LogP contribution in [0.15, 0.2) is 0 Å². The lowest BCUT2D eigenvalue weighted by Gasteiger charge is -2.25. The van der Waals surface area contributed by atoms with Crippen molar-refractivity contribution in [2.75, 3.05) is 6.54 Å². The summed E-state index contributed by atoms with van der Waals surface area (Å²) in [6.45, 7) is 6.22. The maximum absolute atomic E-state index is 11.7. The molecule has 106 valence electrons. The number of amides is 1. The van der Waals surface area contributed by atoms with Gasteiger partial charge in [0.1, 0.15) is 6.04 Å². The van der Waals surface area contributed by atoms with E-state index in [0.717, 1.165) is 0 Å².